The number of nitriles is 1. The Morgan fingerprint density at radius 2 is 2.00 bits per heavy atom. The molecular formula is C20H26N2O3S. The number of carbonyl (C=O) groups is 2. The number of hydrogen-bond donors (Lipinski definition) is 2. The van der Waals surface area contributed by atoms with Crippen molar-refractivity contribution in [3.8, 4) is 6.07 Å². The van der Waals surface area contributed by atoms with Gasteiger partial charge in [-0.05, 0) is 43.6 Å². The molecule has 3 rings (SSSR count). The zero-order valence-electron chi connectivity index (χ0n) is 15.2. The van der Waals surface area contributed by atoms with Gasteiger partial charge < -0.3 is 10.4 Å². The van der Waals surface area contributed by atoms with Crippen LogP contribution in [0.3, 0.4) is 0 Å². The van der Waals surface area contributed by atoms with E-state index in [1.807, 2.05) is 0 Å². The number of thiophene rings is 1. The number of fused-ring (bicyclic) bond motifs is 1. The lowest BCUT2D eigenvalue weighted by atomic mass is 9.78. The van der Waals surface area contributed by atoms with Crippen LogP contribution < -0.4 is 5.32 Å². The molecule has 0 saturated heterocycles. The smallest absolute Gasteiger partial charge is 0.307 e. The Morgan fingerprint density at radius 3 is 2.65 bits per heavy atom. The van der Waals surface area contributed by atoms with Crippen LogP contribution in [0.5, 0.6) is 0 Å². The van der Waals surface area contributed by atoms with Gasteiger partial charge in [-0.25, -0.2) is 0 Å². The van der Waals surface area contributed by atoms with Crippen molar-refractivity contribution >= 4 is 28.2 Å². The van der Waals surface area contributed by atoms with Gasteiger partial charge in [0.1, 0.15) is 11.1 Å². The molecule has 5 nitrogen and oxygen atoms in total. The first-order valence-corrected chi connectivity index (χ1v) is 10.4. The molecule has 0 unspecified atom stereocenters. The highest BCUT2D eigenvalue weighted by Crippen LogP contribution is 2.41. The molecule has 3 atom stereocenters. The summed E-state index contributed by atoms with van der Waals surface area (Å²) in [5, 5.41) is 22.5. The highest BCUT2D eigenvalue weighted by atomic mass is 32.1. The highest BCUT2D eigenvalue weighted by Gasteiger charge is 2.36. The summed E-state index contributed by atoms with van der Waals surface area (Å²) in [7, 11) is 0. The first-order valence-electron chi connectivity index (χ1n) is 9.63. The second kappa shape index (κ2) is 8.22. The van der Waals surface area contributed by atoms with Gasteiger partial charge in [0.2, 0.25) is 5.91 Å². The lowest BCUT2D eigenvalue weighted by molar-refractivity contribution is -0.147. The van der Waals surface area contributed by atoms with Gasteiger partial charge in [-0.3, -0.25) is 9.59 Å². The summed E-state index contributed by atoms with van der Waals surface area (Å²) in [4.78, 5) is 25.4. The number of anilines is 1. The minimum Gasteiger partial charge on any atom is -0.481 e. The third-order valence-electron chi connectivity index (χ3n) is 5.83. The van der Waals surface area contributed by atoms with Gasteiger partial charge >= 0.3 is 5.97 Å². The number of carbonyl (C=O) groups excluding carboxylic acids is 1. The molecule has 1 aromatic rings. The minimum absolute atomic E-state index is 0.239. The zero-order chi connectivity index (χ0) is 18.7. The Balaban J connectivity index is 1.78. The van der Waals surface area contributed by atoms with Crippen molar-refractivity contribution < 1.29 is 14.7 Å². The number of carboxylic acids is 1. The summed E-state index contributed by atoms with van der Waals surface area (Å²) in [5.41, 5.74) is 1.69. The van der Waals surface area contributed by atoms with Crippen LogP contribution >= 0.6 is 11.3 Å². The van der Waals surface area contributed by atoms with Crippen LogP contribution in [0.4, 0.5) is 5.00 Å². The number of amides is 1. The molecule has 0 radical (unpaired) electrons. The van der Waals surface area contributed by atoms with Gasteiger partial charge in [-0.15, -0.1) is 11.3 Å². The van der Waals surface area contributed by atoms with Gasteiger partial charge in [-0.1, -0.05) is 32.6 Å². The molecule has 0 spiro atoms. The fourth-order valence-electron chi connectivity index (χ4n) is 4.46. The predicted octanol–water partition coefficient (Wildman–Crippen LogP) is 4.35. The molecule has 6 heteroatoms. The molecule has 1 saturated carbocycles. The lowest BCUT2D eigenvalue weighted by Crippen LogP contribution is -2.36. The number of rotatable bonds is 5. The van der Waals surface area contributed by atoms with Crippen LogP contribution in [0.25, 0.3) is 0 Å². The average molecular weight is 375 g/mol. The van der Waals surface area contributed by atoms with E-state index >= 15 is 0 Å². The number of nitrogens with one attached hydrogen (secondary N) is 1. The topological polar surface area (TPSA) is 90.2 Å². The van der Waals surface area contributed by atoms with Crippen molar-refractivity contribution in [1.29, 1.82) is 5.26 Å². The second-order valence-electron chi connectivity index (χ2n) is 7.54. The van der Waals surface area contributed by atoms with E-state index in [0.29, 0.717) is 29.3 Å². The van der Waals surface area contributed by atoms with Crippen molar-refractivity contribution in [3.63, 3.8) is 0 Å². The van der Waals surface area contributed by atoms with Gasteiger partial charge in [0.15, 0.2) is 0 Å². The molecule has 140 valence electrons. The molecule has 1 heterocycles. The summed E-state index contributed by atoms with van der Waals surface area (Å²) in [6.45, 7) is 2.19. The molecule has 1 fully saturated rings. The summed E-state index contributed by atoms with van der Waals surface area (Å²) >= 11 is 1.52. The SMILES string of the molecule is CCC[C@@H]1CCc2c(sc(NC(=O)[C@@H]3CCCC[C@@H]3C(=O)O)c2C#N)C1. The molecule has 0 aromatic carbocycles. The van der Waals surface area contributed by atoms with E-state index in [9.17, 15) is 20.0 Å². The standard InChI is InChI=1S/C20H26N2O3S/c1-2-5-12-8-9-13-16(11-21)19(26-17(13)10-12)22-18(23)14-6-3-4-7-15(14)20(24)25/h12,14-15H,2-10H2,1H3,(H,22,23)(H,24,25)/t12-,14-,15+/m1/s1. The monoisotopic (exact) mass is 374 g/mol. The van der Waals surface area contributed by atoms with E-state index in [-0.39, 0.29) is 5.91 Å². The molecule has 2 aliphatic carbocycles. The largest absolute Gasteiger partial charge is 0.481 e. The number of aliphatic carboxylic acids is 1. The van der Waals surface area contributed by atoms with E-state index < -0.39 is 17.8 Å². The predicted molar refractivity (Wildman–Crippen MR) is 101 cm³/mol. The molecule has 2 N–H and O–H groups in total. The maximum absolute atomic E-state index is 12.8. The van der Waals surface area contributed by atoms with Crippen molar-refractivity contribution in [2.45, 2.75) is 64.7 Å². The van der Waals surface area contributed by atoms with Gasteiger partial charge in [0, 0.05) is 4.88 Å². The molecular weight excluding hydrogens is 348 g/mol. The minimum atomic E-state index is -0.891. The molecule has 0 bridgehead atoms. The molecule has 0 aliphatic heterocycles. The van der Waals surface area contributed by atoms with Crippen LogP contribution in [-0.2, 0) is 22.4 Å². The molecule has 2 aliphatic rings. The van der Waals surface area contributed by atoms with Gasteiger partial charge in [0.05, 0.1) is 17.4 Å². The quantitative estimate of drug-likeness (QED) is 0.801. The lowest BCUT2D eigenvalue weighted by Gasteiger charge is -2.27. The Labute approximate surface area is 158 Å². The van der Waals surface area contributed by atoms with Crippen LogP contribution in [-0.4, -0.2) is 17.0 Å². The fraction of sp³-hybridized carbons (Fsp3) is 0.650. The first kappa shape index (κ1) is 18.9. The van der Waals surface area contributed by atoms with Crippen LogP contribution in [0, 0.1) is 29.1 Å². The van der Waals surface area contributed by atoms with E-state index in [1.54, 1.807) is 0 Å². The van der Waals surface area contributed by atoms with Crippen LogP contribution in [0.2, 0.25) is 0 Å². The summed E-state index contributed by atoms with van der Waals surface area (Å²) < 4.78 is 0. The molecule has 1 amide bonds. The third kappa shape index (κ3) is 3.78. The van der Waals surface area contributed by atoms with Crippen LogP contribution in [0.1, 0.15) is 67.9 Å². The number of hydrogen-bond acceptors (Lipinski definition) is 4. The van der Waals surface area contributed by atoms with Crippen molar-refractivity contribution in [2.75, 3.05) is 5.32 Å². The fourth-order valence-corrected chi connectivity index (χ4v) is 5.78. The second-order valence-corrected chi connectivity index (χ2v) is 8.65. The molecule has 26 heavy (non-hydrogen) atoms. The Kier molecular flexibility index (Phi) is 5.98. The Hall–Kier alpha value is -1.87. The van der Waals surface area contributed by atoms with Crippen LogP contribution in [0.15, 0.2) is 0 Å². The Bertz CT molecular complexity index is 734. The van der Waals surface area contributed by atoms with Gasteiger partial charge in [-0.2, -0.15) is 5.26 Å². The van der Waals surface area contributed by atoms with E-state index in [4.69, 9.17) is 0 Å². The summed E-state index contributed by atoms with van der Waals surface area (Å²) in [6.07, 6.45) is 8.25. The van der Waals surface area contributed by atoms with E-state index in [0.717, 1.165) is 37.7 Å². The normalized spacial score (nSPS) is 25.2. The number of carboxylic acid groups (broad SMARTS) is 1. The van der Waals surface area contributed by atoms with E-state index in [1.165, 1.54) is 29.1 Å². The van der Waals surface area contributed by atoms with Gasteiger partial charge in [0.25, 0.3) is 0 Å². The maximum atomic E-state index is 12.8. The van der Waals surface area contributed by atoms with Crippen molar-refractivity contribution in [1.82, 2.24) is 0 Å². The van der Waals surface area contributed by atoms with Crippen molar-refractivity contribution in [3.05, 3.63) is 16.0 Å². The molecule has 1 aromatic heterocycles. The van der Waals surface area contributed by atoms with E-state index in [2.05, 4.69) is 18.3 Å². The zero-order valence-corrected chi connectivity index (χ0v) is 16.0. The average Bonchev–Trinajstić information content (AvgIpc) is 2.98. The van der Waals surface area contributed by atoms with Crippen molar-refractivity contribution in [2.24, 2.45) is 17.8 Å². The highest BCUT2D eigenvalue weighted by molar-refractivity contribution is 7.16. The Morgan fingerprint density at radius 1 is 1.27 bits per heavy atom. The third-order valence-corrected chi connectivity index (χ3v) is 7.00. The first-order chi connectivity index (χ1) is 12.5. The maximum Gasteiger partial charge on any atom is 0.307 e. The summed E-state index contributed by atoms with van der Waals surface area (Å²) in [6, 6.07) is 2.27. The summed E-state index contributed by atoms with van der Waals surface area (Å²) in [5.74, 6) is -1.58. The number of nitrogens with zero attached hydrogens (tertiary/aromatic N) is 1.